The number of anilines is 1. The number of nitrogens with zero attached hydrogens (tertiary/aromatic N) is 4. The Balaban J connectivity index is 1.66. The number of rotatable bonds is 4. The minimum absolute atomic E-state index is 0.183. The lowest BCUT2D eigenvalue weighted by Crippen LogP contribution is -2.30. The first kappa shape index (κ1) is 19.4. The molecule has 0 unspecified atom stereocenters. The Kier molecular flexibility index (Phi) is 4.95. The lowest BCUT2D eigenvalue weighted by atomic mass is 10.0. The van der Waals surface area contributed by atoms with Crippen molar-refractivity contribution in [1.82, 2.24) is 19.9 Å². The quantitative estimate of drug-likeness (QED) is 0.468. The lowest BCUT2D eigenvalue weighted by molar-refractivity contribution is 0.548. The molecule has 4 heterocycles. The van der Waals surface area contributed by atoms with Crippen LogP contribution in [0, 0.1) is 12.7 Å². The van der Waals surface area contributed by atoms with Gasteiger partial charge in [-0.15, -0.1) is 0 Å². The van der Waals surface area contributed by atoms with E-state index in [1.807, 2.05) is 60.6 Å². The van der Waals surface area contributed by atoms with E-state index in [-0.39, 0.29) is 17.9 Å². The number of hydrogen-bond donors (Lipinski definition) is 1. The number of halogens is 1. The molecule has 1 N–H and O–H groups in total. The highest BCUT2D eigenvalue weighted by molar-refractivity contribution is 7.80. The summed E-state index contributed by atoms with van der Waals surface area (Å²) in [6.07, 6.45) is 5.62. The van der Waals surface area contributed by atoms with Crippen LogP contribution >= 0.6 is 12.2 Å². The normalized spacial score (nSPS) is 18.3. The molecule has 0 aliphatic carbocycles. The van der Waals surface area contributed by atoms with Crippen LogP contribution in [0.15, 0.2) is 85.3 Å². The summed E-state index contributed by atoms with van der Waals surface area (Å²) in [6, 6.07) is 19.9. The molecule has 0 saturated carbocycles. The average molecular weight is 430 g/mol. The van der Waals surface area contributed by atoms with Crippen LogP contribution < -0.4 is 10.2 Å². The molecule has 0 radical (unpaired) electrons. The highest BCUT2D eigenvalue weighted by Gasteiger charge is 2.42. The Morgan fingerprint density at radius 2 is 1.81 bits per heavy atom. The summed E-state index contributed by atoms with van der Waals surface area (Å²) in [5, 5.41) is 3.99. The second-order valence-corrected chi connectivity index (χ2v) is 7.86. The predicted octanol–water partition coefficient (Wildman–Crippen LogP) is 4.89. The number of aryl methyl sites for hydroxylation is 1. The molecule has 0 bridgehead atoms. The van der Waals surface area contributed by atoms with Crippen molar-refractivity contribution in [1.29, 1.82) is 0 Å². The molecule has 4 aromatic rings. The van der Waals surface area contributed by atoms with Crippen LogP contribution in [-0.4, -0.2) is 19.6 Å². The number of aromatic nitrogens is 3. The topological polar surface area (TPSA) is 46.0 Å². The smallest absolute Gasteiger partial charge is 0.174 e. The minimum Gasteiger partial charge on any atom is -0.351 e. The zero-order valence-electron chi connectivity index (χ0n) is 16.8. The second kappa shape index (κ2) is 7.92. The summed E-state index contributed by atoms with van der Waals surface area (Å²) in [7, 11) is 0. The predicted molar refractivity (Wildman–Crippen MR) is 123 cm³/mol. The summed E-state index contributed by atoms with van der Waals surface area (Å²) < 4.78 is 15.7. The van der Waals surface area contributed by atoms with Crippen molar-refractivity contribution in [3.05, 3.63) is 108 Å². The molecule has 5 rings (SSSR count). The summed E-state index contributed by atoms with van der Waals surface area (Å²) in [6.45, 7) is 2.01. The SMILES string of the molecule is Cc1ccc(-n2cccc2[C@@H]2[C@@H](c3ccccn3)NC(=S)N2c2ccc(F)cc2)nc1. The Bertz CT molecular complexity index is 1200. The first-order chi connectivity index (χ1) is 15.1. The van der Waals surface area contributed by atoms with Crippen LogP contribution in [0.4, 0.5) is 10.1 Å². The maximum absolute atomic E-state index is 13.6. The number of benzene rings is 1. The van der Waals surface area contributed by atoms with E-state index in [4.69, 9.17) is 12.2 Å². The van der Waals surface area contributed by atoms with Gasteiger partial charge in [-0.25, -0.2) is 9.37 Å². The standard InChI is InChI=1S/C24H20FN5S/c1-16-7-12-21(27-15-16)29-14-4-6-20(29)23-22(19-5-2-3-13-26-19)28-24(31)30(23)18-10-8-17(25)9-11-18/h2-15,22-23H,1H3,(H,28,31)/t22-,23-/m1/s1. The van der Waals surface area contributed by atoms with Gasteiger partial charge in [-0.1, -0.05) is 12.1 Å². The van der Waals surface area contributed by atoms with Crippen LogP contribution in [-0.2, 0) is 0 Å². The molecular weight excluding hydrogens is 409 g/mol. The molecular formula is C24H20FN5S. The molecule has 0 spiro atoms. The van der Waals surface area contributed by atoms with Crippen molar-refractivity contribution in [2.24, 2.45) is 0 Å². The molecule has 1 fully saturated rings. The van der Waals surface area contributed by atoms with Gasteiger partial charge >= 0.3 is 0 Å². The van der Waals surface area contributed by atoms with E-state index in [9.17, 15) is 4.39 Å². The van der Waals surface area contributed by atoms with Crippen LogP contribution in [0.3, 0.4) is 0 Å². The second-order valence-electron chi connectivity index (χ2n) is 7.47. The van der Waals surface area contributed by atoms with Gasteiger partial charge in [0, 0.05) is 30.0 Å². The van der Waals surface area contributed by atoms with Gasteiger partial charge < -0.3 is 14.8 Å². The van der Waals surface area contributed by atoms with Gasteiger partial charge in [0.15, 0.2) is 5.11 Å². The van der Waals surface area contributed by atoms with E-state index < -0.39 is 0 Å². The molecule has 3 aromatic heterocycles. The van der Waals surface area contributed by atoms with Gasteiger partial charge in [0.25, 0.3) is 0 Å². The van der Waals surface area contributed by atoms with Crippen LogP contribution in [0.2, 0.25) is 0 Å². The molecule has 154 valence electrons. The zero-order chi connectivity index (χ0) is 21.4. The summed E-state index contributed by atoms with van der Waals surface area (Å²) in [5.41, 5.74) is 3.79. The Hall–Kier alpha value is -3.58. The van der Waals surface area contributed by atoms with E-state index >= 15 is 0 Å². The highest BCUT2D eigenvalue weighted by atomic mass is 32.1. The molecule has 1 aliphatic rings. The minimum atomic E-state index is -0.285. The number of nitrogens with one attached hydrogen (secondary N) is 1. The number of pyridine rings is 2. The summed E-state index contributed by atoms with van der Waals surface area (Å²) in [5.74, 6) is 0.536. The molecule has 1 aliphatic heterocycles. The molecule has 0 amide bonds. The molecule has 1 saturated heterocycles. The molecule has 7 heteroatoms. The molecule has 5 nitrogen and oxygen atoms in total. The van der Waals surface area contributed by atoms with Gasteiger partial charge in [0.2, 0.25) is 0 Å². The maximum Gasteiger partial charge on any atom is 0.174 e. The average Bonchev–Trinajstić information content (AvgIpc) is 3.40. The van der Waals surface area contributed by atoms with E-state index in [0.29, 0.717) is 5.11 Å². The van der Waals surface area contributed by atoms with Gasteiger partial charge in [0.1, 0.15) is 17.7 Å². The van der Waals surface area contributed by atoms with E-state index in [1.54, 1.807) is 18.3 Å². The van der Waals surface area contributed by atoms with Gasteiger partial charge in [0.05, 0.1) is 11.7 Å². The Labute approximate surface area is 185 Å². The van der Waals surface area contributed by atoms with E-state index in [1.165, 1.54) is 12.1 Å². The fraction of sp³-hybridized carbons (Fsp3) is 0.125. The van der Waals surface area contributed by atoms with E-state index in [0.717, 1.165) is 28.5 Å². The Morgan fingerprint density at radius 3 is 2.52 bits per heavy atom. The Morgan fingerprint density at radius 1 is 0.968 bits per heavy atom. The van der Waals surface area contributed by atoms with E-state index in [2.05, 4.69) is 25.9 Å². The monoisotopic (exact) mass is 429 g/mol. The van der Waals surface area contributed by atoms with Crippen molar-refractivity contribution < 1.29 is 4.39 Å². The van der Waals surface area contributed by atoms with Gasteiger partial charge in [-0.2, -0.15) is 0 Å². The van der Waals surface area contributed by atoms with Crippen molar-refractivity contribution in [3.8, 4) is 5.82 Å². The molecule has 1 aromatic carbocycles. The van der Waals surface area contributed by atoms with Crippen molar-refractivity contribution >= 4 is 23.0 Å². The van der Waals surface area contributed by atoms with Crippen LogP contribution in [0.5, 0.6) is 0 Å². The van der Waals surface area contributed by atoms with Crippen molar-refractivity contribution in [2.75, 3.05) is 4.90 Å². The first-order valence-electron chi connectivity index (χ1n) is 9.98. The van der Waals surface area contributed by atoms with Crippen molar-refractivity contribution in [2.45, 2.75) is 19.0 Å². The zero-order valence-corrected chi connectivity index (χ0v) is 17.6. The van der Waals surface area contributed by atoms with Crippen molar-refractivity contribution in [3.63, 3.8) is 0 Å². The lowest BCUT2D eigenvalue weighted by Gasteiger charge is -2.28. The highest BCUT2D eigenvalue weighted by Crippen LogP contribution is 2.42. The van der Waals surface area contributed by atoms with Crippen LogP contribution in [0.1, 0.15) is 29.0 Å². The fourth-order valence-corrected chi connectivity index (χ4v) is 4.33. The fourth-order valence-electron chi connectivity index (χ4n) is 3.98. The third-order valence-corrected chi connectivity index (χ3v) is 5.74. The molecule has 31 heavy (non-hydrogen) atoms. The third-order valence-electron chi connectivity index (χ3n) is 5.43. The summed E-state index contributed by atoms with van der Waals surface area (Å²) >= 11 is 5.73. The number of thiocarbonyl (C=S) groups is 1. The largest absolute Gasteiger partial charge is 0.351 e. The third kappa shape index (κ3) is 3.57. The van der Waals surface area contributed by atoms with Gasteiger partial charge in [-0.3, -0.25) is 4.98 Å². The van der Waals surface area contributed by atoms with Gasteiger partial charge in [-0.05, 0) is 79.3 Å². The number of hydrogen-bond acceptors (Lipinski definition) is 3. The van der Waals surface area contributed by atoms with Crippen LogP contribution in [0.25, 0.3) is 5.82 Å². The first-order valence-corrected chi connectivity index (χ1v) is 10.4. The maximum atomic E-state index is 13.6. The molecule has 2 atom stereocenters. The summed E-state index contributed by atoms with van der Waals surface area (Å²) in [4.78, 5) is 11.2.